The molecule has 1 heterocycles. The van der Waals surface area contributed by atoms with Gasteiger partial charge in [0, 0.05) is 44.1 Å². The molecule has 4 heteroatoms. The number of benzene rings is 1. The van der Waals surface area contributed by atoms with E-state index in [9.17, 15) is 8.78 Å². The van der Waals surface area contributed by atoms with Gasteiger partial charge in [0.2, 0.25) is 5.92 Å². The highest BCUT2D eigenvalue weighted by Gasteiger charge is 2.56. The molecule has 0 saturated heterocycles. The van der Waals surface area contributed by atoms with Gasteiger partial charge in [0.15, 0.2) is 0 Å². The number of alkyl halides is 2. The van der Waals surface area contributed by atoms with Gasteiger partial charge in [0.1, 0.15) is 0 Å². The van der Waals surface area contributed by atoms with E-state index < -0.39 is 11.3 Å². The molecule has 0 atom stereocenters. The summed E-state index contributed by atoms with van der Waals surface area (Å²) in [6.45, 7) is 1.31. The summed E-state index contributed by atoms with van der Waals surface area (Å²) < 4.78 is 26.4. The van der Waals surface area contributed by atoms with Crippen molar-refractivity contribution in [2.45, 2.75) is 30.6 Å². The van der Waals surface area contributed by atoms with Gasteiger partial charge in [-0.05, 0) is 23.6 Å². The van der Waals surface area contributed by atoms with Crippen molar-refractivity contribution >= 4 is 5.69 Å². The minimum Gasteiger partial charge on any atom is -0.374 e. The maximum Gasteiger partial charge on any atom is 0.250 e. The van der Waals surface area contributed by atoms with Gasteiger partial charge in [0.25, 0.3) is 0 Å². The minimum atomic E-state index is -2.53. The van der Waals surface area contributed by atoms with Crippen LogP contribution < -0.4 is 10.6 Å². The molecule has 2 aliphatic rings. The number of nitrogens with zero attached hydrogens (tertiary/aromatic N) is 1. The van der Waals surface area contributed by atoms with Crippen molar-refractivity contribution in [3.05, 3.63) is 29.3 Å². The second-order valence-electron chi connectivity index (χ2n) is 5.71. The predicted octanol–water partition coefficient (Wildman–Crippen LogP) is 2.30. The third-order valence-corrected chi connectivity index (χ3v) is 4.40. The molecular weight excluding hydrogens is 234 g/mol. The van der Waals surface area contributed by atoms with Crippen LogP contribution in [0.5, 0.6) is 0 Å². The smallest absolute Gasteiger partial charge is 0.250 e. The molecule has 2 nitrogen and oxygen atoms in total. The second kappa shape index (κ2) is 3.67. The molecule has 18 heavy (non-hydrogen) atoms. The maximum atomic E-state index is 13.2. The van der Waals surface area contributed by atoms with Gasteiger partial charge in [-0.1, -0.05) is 12.1 Å². The number of fused-ring (bicyclic) bond motifs is 1. The zero-order valence-electron chi connectivity index (χ0n) is 10.5. The van der Waals surface area contributed by atoms with Gasteiger partial charge >= 0.3 is 0 Å². The highest BCUT2D eigenvalue weighted by molar-refractivity contribution is 5.59. The number of hydrogen-bond acceptors (Lipinski definition) is 2. The van der Waals surface area contributed by atoms with E-state index in [-0.39, 0.29) is 12.8 Å². The highest BCUT2D eigenvalue weighted by atomic mass is 19.3. The van der Waals surface area contributed by atoms with E-state index in [2.05, 4.69) is 18.0 Å². The molecule has 1 aliphatic carbocycles. The first-order chi connectivity index (χ1) is 8.46. The number of halogens is 2. The van der Waals surface area contributed by atoms with Crippen LogP contribution >= 0.6 is 0 Å². The summed E-state index contributed by atoms with van der Waals surface area (Å²) in [5, 5.41) is 0. The molecule has 3 rings (SSSR count). The van der Waals surface area contributed by atoms with E-state index >= 15 is 0 Å². The first kappa shape index (κ1) is 11.9. The number of anilines is 1. The Kier molecular flexibility index (Phi) is 2.43. The fourth-order valence-electron chi connectivity index (χ4n) is 3.30. The summed E-state index contributed by atoms with van der Waals surface area (Å²) in [7, 11) is 2.06. The van der Waals surface area contributed by atoms with Crippen LogP contribution in [-0.4, -0.2) is 26.1 Å². The molecule has 1 aromatic rings. The quantitative estimate of drug-likeness (QED) is 0.875. The van der Waals surface area contributed by atoms with Crippen molar-refractivity contribution in [3.63, 3.8) is 0 Å². The van der Waals surface area contributed by atoms with Crippen LogP contribution in [0.25, 0.3) is 0 Å². The zero-order chi connectivity index (χ0) is 13.0. The maximum absolute atomic E-state index is 13.2. The van der Waals surface area contributed by atoms with E-state index in [1.807, 2.05) is 12.1 Å². The second-order valence-corrected chi connectivity index (χ2v) is 5.71. The number of rotatable bonds is 2. The van der Waals surface area contributed by atoms with Crippen LogP contribution in [0.3, 0.4) is 0 Å². The van der Waals surface area contributed by atoms with E-state index in [0.717, 1.165) is 18.5 Å². The fourth-order valence-corrected chi connectivity index (χ4v) is 3.30. The largest absolute Gasteiger partial charge is 0.374 e. The Balaban J connectivity index is 1.94. The Bertz CT molecular complexity index is 477. The summed E-state index contributed by atoms with van der Waals surface area (Å²) in [6.07, 6.45) is 0.785. The Hall–Kier alpha value is -1.16. The van der Waals surface area contributed by atoms with Gasteiger partial charge in [-0.2, -0.15) is 0 Å². The van der Waals surface area contributed by atoms with Crippen LogP contribution in [-0.2, 0) is 11.8 Å². The summed E-state index contributed by atoms with van der Waals surface area (Å²) >= 11 is 0. The molecule has 0 radical (unpaired) electrons. The molecule has 0 unspecified atom stereocenters. The van der Waals surface area contributed by atoms with E-state index in [1.165, 1.54) is 11.3 Å². The number of nitrogens with two attached hydrogens (primary N) is 1. The van der Waals surface area contributed by atoms with Gasteiger partial charge < -0.3 is 10.6 Å². The third-order valence-electron chi connectivity index (χ3n) is 4.40. The van der Waals surface area contributed by atoms with Crippen molar-refractivity contribution in [1.82, 2.24) is 0 Å². The monoisotopic (exact) mass is 252 g/mol. The van der Waals surface area contributed by atoms with Crippen molar-refractivity contribution < 1.29 is 8.78 Å². The summed E-state index contributed by atoms with van der Waals surface area (Å²) in [5.41, 5.74) is 8.72. The average molecular weight is 252 g/mol. The predicted molar refractivity (Wildman–Crippen MR) is 68.3 cm³/mol. The molecule has 2 N–H and O–H groups in total. The molecular formula is C14H18F2N2. The minimum absolute atomic E-state index is 0.106. The standard InChI is InChI=1S/C14H18F2N2/c1-18-5-4-10-6-11(2-3-12(10)18)13(9-17)7-14(15,16)8-13/h2-3,6H,4-5,7-9,17H2,1H3. The lowest BCUT2D eigenvalue weighted by atomic mass is 9.62. The van der Waals surface area contributed by atoms with E-state index in [1.54, 1.807) is 0 Å². The molecule has 1 aromatic carbocycles. The first-order valence-electron chi connectivity index (χ1n) is 6.38. The first-order valence-corrected chi connectivity index (χ1v) is 6.38. The van der Waals surface area contributed by atoms with Crippen LogP contribution in [0.2, 0.25) is 0 Å². The van der Waals surface area contributed by atoms with E-state index in [0.29, 0.717) is 6.54 Å². The SMILES string of the molecule is CN1CCc2cc(C3(CN)CC(F)(F)C3)ccc21. The number of likely N-dealkylation sites (N-methyl/N-ethyl adjacent to an activating group) is 1. The van der Waals surface area contributed by atoms with Crippen molar-refractivity contribution in [1.29, 1.82) is 0 Å². The topological polar surface area (TPSA) is 29.3 Å². The Labute approximate surface area is 106 Å². The molecule has 1 aliphatic heterocycles. The van der Waals surface area contributed by atoms with Gasteiger partial charge in [-0.3, -0.25) is 0 Å². The zero-order valence-corrected chi connectivity index (χ0v) is 10.5. The van der Waals surface area contributed by atoms with Crippen molar-refractivity contribution in [3.8, 4) is 0 Å². The van der Waals surface area contributed by atoms with Crippen molar-refractivity contribution in [2.75, 3.05) is 25.0 Å². The van der Waals surface area contributed by atoms with Crippen LogP contribution in [0.15, 0.2) is 18.2 Å². The molecule has 0 bridgehead atoms. The Morgan fingerprint density at radius 2 is 2.06 bits per heavy atom. The molecule has 0 amide bonds. The van der Waals surface area contributed by atoms with Crippen LogP contribution in [0, 0.1) is 0 Å². The lowest BCUT2D eigenvalue weighted by Gasteiger charge is -2.47. The normalized spacial score (nSPS) is 23.7. The number of hydrogen-bond donors (Lipinski definition) is 1. The highest BCUT2D eigenvalue weighted by Crippen LogP contribution is 2.53. The Morgan fingerprint density at radius 1 is 1.33 bits per heavy atom. The molecule has 0 spiro atoms. The summed E-state index contributed by atoms with van der Waals surface area (Å²) in [6, 6.07) is 6.11. The average Bonchev–Trinajstić information content (AvgIpc) is 2.67. The van der Waals surface area contributed by atoms with Gasteiger partial charge in [0.05, 0.1) is 0 Å². The fraction of sp³-hybridized carbons (Fsp3) is 0.571. The molecule has 98 valence electrons. The van der Waals surface area contributed by atoms with Crippen LogP contribution in [0.1, 0.15) is 24.0 Å². The third kappa shape index (κ3) is 1.62. The van der Waals surface area contributed by atoms with E-state index in [4.69, 9.17) is 5.73 Å². The molecule has 1 saturated carbocycles. The van der Waals surface area contributed by atoms with Crippen molar-refractivity contribution in [2.24, 2.45) is 5.73 Å². The lowest BCUT2D eigenvalue weighted by Crippen LogP contribution is -2.53. The Morgan fingerprint density at radius 3 is 2.67 bits per heavy atom. The molecule has 0 aromatic heterocycles. The molecule has 1 fully saturated rings. The summed E-state index contributed by atoms with van der Waals surface area (Å²) in [4.78, 5) is 2.20. The van der Waals surface area contributed by atoms with Gasteiger partial charge in [-0.15, -0.1) is 0 Å². The van der Waals surface area contributed by atoms with Gasteiger partial charge in [-0.25, -0.2) is 8.78 Å². The summed E-state index contributed by atoms with van der Waals surface area (Å²) in [5.74, 6) is -2.53. The lowest BCUT2D eigenvalue weighted by molar-refractivity contribution is -0.123. The van der Waals surface area contributed by atoms with Crippen LogP contribution in [0.4, 0.5) is 14.5 Å².